The van der Waals surface area contributed by atoms with E-state index < -0.39 is 0 Å². The first kappa shape index (κ1) is 60.3. The molecule has 10 heterocycles. The van der Waals surface area contributed by atoms with Crippen LogP contribution in [0.2, 0.25) is 0 Å². The molecule has 0 fully saturated rings. The standard InChI is InChI=1S/C87H64N8S2/c1-9-55-12-18-58(19-13-55)82-69-36-32-65(88-69)53(5)66-33-37-70(89-66)83(73-41-44-76(93-73)85(75-43-40-72(82)92-75)61-24-28-63(96-7)29-25-61)59-20-14-56(15-21-59)10-11-57-16-22-60(23-17-57)84-71-38-34-67(90-71)54(6)68-35-39-79(91-68)87(81-51(3)48-50(2)49-52(81)4)80-47-46-78(95-80)86(77-45-42-74(84)94-77)62-26-30-64(97-8)31-27-62/h1,12-49,88,90,93,95H,2-8H3. The predicted octanol–water partition coefficient (Wildman–Crippen LogP) is 22.0. The molecule has 8 nitrogen and oxygen atoms in total. The minimum atomic E-state index is 0.820. The molecular weight excluding hydrogens is 1220 g/mol. The van der Waals surface area contributed by atoms with Crippen molar-refractivity contribution in [1.82, 2.24) is 39.9 Å². The van der Waals surface area contributed by atoms with E-state index in [1.807, 2.05) is 12.1 Å². The van der Waals surface area contributed by atoms with Crippen molar-refractivity contribution < 1.29 is 0 Å². The minimum absolute atomic E-state index is 0.820. The van der Waals surface area contributed by atoms with Crippen LogP contribution in [0.25, 0.3) is 160 Å². The first-order valence-electron chi connectivity index (χ1n) is 32.3. The van der Waals surface area contributed by atoms with E-state index >= 15 is 0 Å². The maximum Gasteiger partial charge on any atom is 0.0737 e. The zero-order valence-electron chi connectivity index (χ0n) is 54.6. The summed E-state index contributed by atoms with van der Waals surface area (Å²) in [5.41, 5.74) is 35.3. The molecule has 4 aliphatic rings. The number of thioether (sulfide) groups is 2. The average molecular weight is 1290 g/mol. The summed E-state index contributed by atoms with van der Waals surface area (Å²) in [4.78, 5) is 39.6. The lowest BCUT2D eigenvalue weighted by Gasteiger charge is -2.13. The number of fused-ring (bicyclic) bond motifs is 16. The van der Waals surface area contributed by atoms with Gasteiger partial charge in [0, 0.05) is 104 Å². The van der Waals surface area contributed by atoms with Gasteiger partial charge in [-0.1, -0.05) is 96.1 Å². The monoisotopic (exact) mass is 1280 g/mol. The highest BCUT2D eigenvalue weighted by molar-refractivity contribution is 7.98. The van der Waals surface area contributed by atoms with Crippen molar-refractivity contribution in [3.63, 3.8) is 0 Å². The molecule has 0 atom stereocenters. The number of terminal acetylenes is 1. The normalized spacial score (nSPS) is 12.1. The van der Waals surface area contributed by atoms with Gasteiger partial charge in [-0.3, -0.25) is 0 Å². The van der Waals surface area contributed by atoms with E-state index in [0.29, 0.717) is 0 Å². The second-order valence-electron chi connectivity index (χ2n) is 24.9. The van der Waals surface area contributed by atoms with E-state index in [0.717, 1.165) is 179 Å². The Kier molecular flexibility index (Phi) is 15.5. The molecule has 16 rings (SSSR count). The maximum absolute atomic E-state index is 5.82. The van der Waals surface area contributed by atoms with Gasteiger partial charge in [0.15, 0.2) is 0 Å². The SMILES string of the molecule is C#Cc1ccc(-c2c3nc(c(-c4ccc(SC)cc4)c4ccc([nH]4)c(-c4ccc(C#Cc5ccc(-c6c7nc(c(-c8ccc(SC)cc8)c8ccc([nH]8)c(-c8c(C)cc(C)cc8C)c8nc(c(C)c9ccc6[nH]9)C=C8)C=C7)cc5)cc4)c4nc(c(C)c5ccc2[nH]5)C=C4)C=C3)cc1. The van der Waals surface area contributed by atoms with Crippen molar-refractivity contribution in [2.45, 2.75) is 44.4 Å². The molecule has 12 aromatic rings. The summed E-state index contributed by atoms with van der Waals surface area (Å²) in [5, 5.41) is 0. The summed E-state index contributed by atoms with van der Waals surface area (Å²) in [7, 11) is 0. The fourth-order valence-corrected chi connectivity index (χ4v) is 14.7. The van der Waals surface area contributed by atoms with E-state index in [2.05, 4.69) is 303 Å². The Balaban J connectivity index is 0.795. The first-order valence-corrected chi connectivity index (χ1v) is 34.8. The topological polar surface area (TPSA) is 115 Å². The Labute approximate surface area is 572 Å². The molecule has 0 unspecified atom stereocenters. The smallest absolute Gasteiger partial charge is 0.0737 e. The number of aryl methyl sites for hydroxylation is 5. The van der Waals surface area contributed by atoms with Gasteiger partial charge in [-0.15, -0.1) is 29.9 Å². The Morgan fingerprint density at radius 2 is 0.546 bits per heavy atom. The van der Waals surface area contributed by atoms with E-state index in [4.69, 9.17) is 26.4 Å². The number of hydrogen-bond acceptors (Lipinski definition) is 6. The van der Waals surface area contributed by atoms with E-state index in [9.17, 15) is 0 Å². The van der Waals surface area contributed by atoms with E-state index in [-0.39, 0.29) is 0 Å². The Hall–Kier alpha value is -11.7. The molecule has 0 saturated carbocycles. The van der Waals surface area contributed by atoms with Crippen LogP contribution in [0.3, 0.4) is 0 Å². The van der Waals surface area contributed by atoms with Gasteiger partial charge < -0.3 is 19.9 Å². The van der Waals surface area contributed by atoms with Crippen LogP contribution in [0.5, 0.6) is 0 Å². The minimum Gasteiger partial charge on any atom is -0.355 e. The molecule has 6 aromatic carbocycles. The highest BCUT2D eigenvalue weighted by atomic mass is 32.2. The summed E-state index contributed by atoms with van der Waals surface area (Å²) in [6, 6.07) is 64.5. The van der Waals surface area contributed by atoms with Crippen LogP contribution in [0.1, 0.15) is 90.1 Å². The van der Waals surface area contributed by atoms with Crippen LogP contribution in [-0.2, 0) is 0 Å². The summed E-state index contributed by atoms with van der Waals surface area (Å²) in [5.74, 6) is 9.77. The van der Waals surface area contributed by atoms with Gasteiger partial charge >= 0.3 is 0 Å². The third kappa shape index (κ3) is 11.3. The average Bonchev–Trinajstić information content (AvgIpc) is 1.67. The molecule has 4 N–H and O–H groups in total. The Morgan fingerprint density at radius 1 is 0.289 bits per heavy atom. The molecule has 0 saturated heterocycles. The van der Waals surface area contributed by atoms with Gasteiger partial charge in [-0.25, -0.2) is 19.9 Å². The maximum atomic E-state index is 5.82. The highest BCUT2D eigenvalue weighted by Crippen LogP contribution is 2.42. The summed E-state index contributed by atoms with van der Waals surface area (Å²) < 4.78 is 0. The summed E-state index contributed by atoms with van der Waals surface area (Å²) in [6.07, 6.45) is 27.1. The predicted molar refractivity (Wildman–Crippen MR) is 411 cm³/mol. The van der Waals surface area contributed by atoms with E-state index in [1.165, 1.54) is 32.0 Å². The highest BCUT2D eigenvalue weighted by Gasteiger charge is 2.22. The molecule has 97 heavy (non-hydrogen) atoms. The number of H-pyrrole nitrogens is 4. The van der Waals surface area contributed by atoms with Crippen LogP contribution in [-0.4, -0.2) is 52.4 Å². The number of rotatable bonds is 8. The molecule has 10 heteroatoms. The van der Waals surface area contributed by atoms with Crippen molar-refractivity contribution in [3.05, 3.63) is 272 Å². The molecule has 16 bridgehead atoms. The molecular formula is C87H64N8S2. The van der Waals surface area contributed by atoms with Crippen molar-refractivity contribution in [2.24, 2.45) is 0 Å². The zero-order chi connectivity index (χ0) is 66.0. The number of hydrogen-bond donors (Lipinski definition) is 4. The van der Waals surface area contributed by atoms with Gasteiger partial charge in [-0.05, 0) is 261 Å². The van der Waals surface area contributed by atoms with Crippen molar-refractivity contribution in [2.75, 3.05) is 12.5 Å². The van der Waals surface area contributed by atoms with Gasteiger partial charge in [0.2, 0.25) is 0 Å². The molecule has 0 amide bonds. The number of aromatic amines is 4. The van der Waals surface area contributed by atoms with Gasteiger partial charge in [-0.2, -0.15) is 0 Å². The summed E-state index contributed by atoms with van der Waals surface area (Å²) >= 11 is 3.46. The van der Waals surface area contributed by atoms with E-state index in [1.54, 1.807) is 23.5 Å². The zero-order valence-corrected chi connectivity index (χ0v) is 56.3. The van der Waals surface area contributed by atoms with Crippen molar-refractivity contribution in [1.29, 1.82) is 0 Å². The quantitative estimate of drug-likeness (QED) is 0.0890. The molecule has 0 aliphatic carbocycles. The number of benzene rings is 6. The molecule has 0 radical (unpaired) electrons. The number of aromatic nitrogens is 8. The summed E-state index contributed by atoms with van der Waals surface area (Å²) in [6.45, 7) is 10.8. The number of nitrogens with one attached hydrogen (secondary N) is 4. The van der Waals surface area contributed by atoms with Gasteiger partial charge in [0.1, 0.15) is 0 Å². The largest absolute Gasteiger partial charge is 0.355 e. The second kappa shape index (κ2) is 24.9. The third-order valence-corrected chi connectivity index (χ3v) is 20.2. The lowest BCUT2D eigenvalue weighted by atomic mass is 9.92. The van der Waals surface area contributed by atoms with Crippen LogP contribution >= 0.6 is 23.5 Å². The fraction of sp³-hybridized carbons (Fsp3) is 0.0805. The molecule has 464 valence electrons. The van der Waals surface area contributed by atoms with Crippen molar-refractivity contribution in [3.8, 4) is 90.9 Å². The third-order valence-electron chi connectivity index (χ3n) is 18.8. The first-order chi connectivity index (χ1) is 47.4. The van der Waals surface area contributed by atoms with Gasteiger partial charge in [0.05, 0.1) is 45.6 Å². The van der Waals surface area contributed by atoms with Crippen LogP contribution in [0.4, 0.5) is 0 Å². The van der Waals surface area contributed by atoms with Crippen molar-refractivity contribution >= 4 is 116 Å². The van der Waals surface area contributed by atoms with Crippen LogP contribution in [0, 0.1) is 58.8 Å². The molecule has 6 aromatic heterocycles. The lowest BCUT2D eigenvalue weighted by Crippen LogP contribution is -1.94. The van der Waals surface area contributed by atoms with Crippen LogP contribution in [0.15, 0.2) is 192 Å². The fourth-order valence-electron chi connectivity index (χ4n) is 13.9. The molecule has 0 spiro atoms. The molecule has 4 aliphatic heterocycles. The second-order valence-corrected chi connectivity index (χ2v) is 26.6. The Morgan fingerprint density at radius 3 is 0.866 bits per heavy atom. The Bertz CT molecular complexity index is 5850. The lowest BCUT2D eigenvalue weighted by molar-refractivity contribution is 1.26. The van der Waals surface area contributed by atoms with Crippen LogP contribution < -0.4 is 0 Å². The number of nitrogens with zero attached hydrogens (tertiary/aromatic N) is 4. The van der Waals surface area contributed by atoms with Gasteiger partial charge in [0.25, 0.3) is 0 Å².